The van der Waals surface area contributed by atoms with Gasteiger partial charge in [-0.2, -0.15) is 0 Å². The van der Waals surface area contributed by atoms with E-state index in [1.807, 2.05) is 13.8 Å². The Morgan fingerprint density at radius 3 is 2.24 bits per heavy atom. The lowest BCUT2D eigenvalue weighted by molar-refractivity contribution is -0.145. The predicted molar refractivity (Wildman–Crippen MR) is 77.3 cm³/mol. The zero-order valence-corrected chi connectivity index (χ0v) is 14.1. The van der Waals surface area contributed by atoms with Crippen molar-refractivity contribution >= 4 is 56.7 Å². The maximum Gasteiger partial charge on any atom is 0.306 e. The molecule has 0 bridgehead atoms. The van der Waals surface area contributed by atoms with Gasteiger partial charge in [0.15, 0.2) is 3.79 Å². The number of carbonyl (C=O) groups is 1. The van der Waals surface area contributed by atoms with Gasteiger partial charge < -0.3 is 4.74 Å². The van der Waals surface area contributed by atoms with Gasteiger partial charge in [-0.05, 0) is 18.8 Å². The number of hydrogen-bond acceptors (Lipinski definition) is 2. The van der Waals surface area contributed by atoms with Gasteiger partial charge in [0.1, 0.15) is 0 Å². The standard InChI is InChI=1S/C11H18BrCl3O2/c1-4-10(3,7-9(16)17-5-2)8(12)6-11(13,14)15/h8H,4-7H2,1-3H3. The molecule has 102 valence electrons. The Morgan fingerprint density at radius 2 is 1.88 bits per heavy atom. The summed E-state index contributed by atoms with van der Waals surface area (Å²) in [6.45, 7) is 6.16. The van der Waals surface area contributed by atoms with Crippen LogP contribution in [0.2, 0.25) is 0 Å². The van der Waals surface area contributed by atoms with Crippen molar-refractivity contribution in [1.82, 2.24) is 0 Å². The molecule has 0 aliphatic rings. The van der Waals surface area contributed by atoms with Crippen molar-refractivity contribution in [3.05, 3.63) is 0 Å². The lowest BCUT2D eigenvalue weighted by Gasteiger charge is -2.34. The quantitative estimate of drug-likeness (QED) is 0.493. The summed E-state index contributed by atoms with van der Waals surface area (Å²) >= 11 is 20.8. The zero-order valence-electron chi connectivity index (χ0n) is 10.2. The zero-order chi connectivity index (χ0) is 13.7. The van der Waals surface area contributed by atoms with E-state index in [2.05, 4.69) is 15.9 Å². The number of alkyl halides is 4. The fraction of sp³-hybridized carbons (Fsp3) is 0.909. The van der Waals surface area contributed by atoms with Gasteiger partial charge >= 0.3 is 5.97 Å². The van der Waals surface area contributed by atoms with E-state index in [0.29, 0.717) is 19.4 Å². The van der Waals surface area contributed by atoms with Gasteiger partial charge in [-0.1, -0.05) is 64.6 Å². The van der Waals surface area contributed by atoms with Crippen LogP contribution in [0.1, 0.15) is 40.0 Å². The Kier molecular flexibility index (Phi) is 7.78. The lowest BCUT2D eigenvalue weighted by atomic mass is 9.80. The third-order valence-corrected chi connectivity index (χ3v) is 4.72. The van der Waals surface area contributed by atoms with Crippen molar-refractivity contribution in [2.45, 2.75) is 48.7 Å². The van der Waals surface area contributed by atoms with Crippen LogP contribution < -0.4 is 0 Å². The van der Waals surface area contributed by atoms with Gasteiger partial charge in [-0.15, -0.1) is 0 Å². The number of halogens is 4. The average molecular weight is 369 g/mol. The van der Waals surface area contributed by atoms with Crippen LogP contribution in [0, 0.1) is 5.41 Å². The van der Waals surface area contributed by atoms with Crippen LogP contribution >= 0.6 is 50.7 Å². The fourth-order valence-electron chi connectivity index (χ4n) is 1.45. The Morgan fingerprint density at radius 1 is 1.35 bits per heavy atom. The third-order valence-electron chi connectivity index (χ3n) is 2.83. The third kappa shape index (κ3) is 7.09. The van der Waals surface area contributed by atoms with Crippen LogP contribution in [-0.4, -0.2) is 21.2 Å². The molecule has 0 aliphatic heterocycles. The highest BCUT2D eigenvalue weighted by Gasteiger charge is 2.38. The van der Waals surface area contributed by atoms with Crippen LogP contribution in [-0.2, 0) is 9.53 Å². The molecule has 0 saturated heterocycles. The number of carbonyl (C=O) groups excluding carboxylic acids is 1. The molecular formula is C11H18BrCl3O2. The van der Waals surface area contributed by atoms with Crippen LogP contribution in [0.3, 0.4) is 0 Å². The van der Waals surface area contributed by atoms with Crippen LogP contribution in [0.25, 0.3) is 0 Å². The molecule has 0 aromatic heterocycles. The van der Waals surface area contributed by atoms with E-state index in [1.54, 1.807) is 6.92 Å². The highest BCUT2D eigenvalue weighted by atomic mass is 79.9. The minimum atomic E-state index is -1.32. The molecule has 0 amide bonds. The van der Waals surface area contributed by atoms with E-state index in [1.165, 1.54) is 0 Å². The molecule has 0 N–H and O–H groups in total. The Bertz CT molecular complexity index is 256. The van der Waals surface area contributed by atoms with E-state index >= 15 is 0 Å². The van der Waals surface area contributed by atoms with Gasteiger partial charge in [-0.3, -0.25) is 4.79 Å². The summed E-state index contributed by atoms with van der Waals surface area (Å²) in [5, 5.41) is 0. The normalized spacial score (nSPS) is 17.4. The molecule has 2 nitrogen and oxygen atoms in total. The first kappa shape index (κ1) is 17.8. The van der Waals surface area contributed by atoms with Crippen LogP contribution in [0.5, 0.6) is 0 Å². The molecule has 0 saturated carbocycles. The smallest absolute Gasteiger partial charge is 0.306 e. The first-order chi connectivity index (χ1) is 7.64. The SMILES string of the molecule is CCOC(=O)CC(C)(CC)C(Br)CC(Cl)(Cl)Cl. The number of hydrogen-bond donors (Lipinski definition) is 0. The maximum absolute atomic E-state index is 11.5. The van der Waals surface area contributed by atoms with Gasteiger partial charge in [0, 0.05) is 11.2 Å². The first-order valence-corrected chi connectivity index (χ1v) is 7.56. The Hall–Kier alpha value is 0.820. The predicted octanol–water partition coefficient (Wildman–Crippen LogP) is 4.88. The highest BCUT2D eigenvalue weighted by Crippen LogP contribution is 2.43. The topological polar surface area (TPSA) is 26.3 Å². The summed E-state index contributed by atoms with van der Waals surface area (Å²) < 4.78 is 3.64. The van der Waals surface area contributed by atoms with E-state index in [-0.39, 0.29) is 16.2 Å². The Balaban J connectivity index is 4.59. The summed E-state index contributed by atoms with van der Waals surface area (Å²) in [6, 6.07) is 0. The van der Waals surface area contributed by atoms with Gasteiger partial charge in [-0.25, -0.2) is 0 Å². The van der Waals surface area contributed by atoms with Gasteiger partial charge in [0.2, 0.25) is 0 Å². The molecule has 17 heavy (non-hydrogen) atoms. The molecular weight excluding hydrogens is 350 g/mol. The molecule has 0 heterocycles. The first-order valence-electron chi connectivity index (χ1n) is 5.51. The van der Waals surface area contributed by atoms with Crippen molar-refractivity contribution < 1.29 is 9.53 Å². The molecule has 0 aromatic carbocycles. The number of rotatable bonds is 6. The summed E-state index contributed by atoms with van der Waals surface area (Å²) in [4.78, 5) is 11.5. The lowest BCUT2D eigenvalue weighted by Crippen LogP contribution is -2.33. The number of esters is 1. The van der Waals surface area contributed by atoms with Gasteiger partial charge in [0.05, 0.1) is 13.0 Å². The minimum absolute atomic E-state index is 0.0584. The number of ether oxygens (including phenoxy) is 1. The van der Waals surface area contributed by atoms with Crippen LogP contribution in [0.4, 0.5) is 0 Å². The molecule has 0 rings (SSSR count). The largest absolute Gasteiger partial charge is 0.466 e. The van der Waals surface area contributed by atoms with E-state index < -0.39 is 3.79 Å². The average Bonchev–Trinajstić information content (AvgIpc) is 2.15. The Labute approximate surface area is 126 Å². The maximum atomic E-state index is 11.5. The highest BCUT2D eigenvalue weighted by molar-refractivity contribution is 9.09. The molecule has 6 heteroatoms. The van der Waals surface area contributed by atoms with Gasteiger partial charge in [0.25, 0.3) is 0 Å². The molecule has 0 aromatic rings. The van der Waals surface area contributed by atoms with E-state index in [0.717, 1.165) is 6.42 Å². The van der Waals surface area contributed by atoms with E-state index in [4.69, 9.17) is 39.5 Å². The van der Waals surface area contributed by atoms with Crippen molar-refractivity contribution in [2.75, 3.05) is 6.61 Å². The monoisotopic (exact) mass is 366 g/mol. The molecule has 2 atom stereocenters. The molecule has 0 fully saturated rings. The molecule has 2 unspecified atom stereocenters. The van der Waals surface area contributed by atoms with E-state index in [9.17, 15) is 4.79 Å². The van der Waals surface area contributed by atoms with Crippen molar-refractivity contribution in [3.63, 3.8) is 0 Å². The van der Waals surface area contributed by atoms with Crippen LogP contribution in [0.15, 0.2) is 0 Å². The van der Waals surface area contributed by atoms with Crippen molar-refractivity contribution in [3.8, 4) is 0 Å². The fourth-order valence-corrected chi connectivity index (χ4v) is 3.44. The van der Waals surface area contributed by atoms with Crippen molar-refractivity contribution in [1.29, 1.82) is 0 Å². The van der Waals surface area contributed by atoms with Crippen molar-refractivity contribution in [2.24, 2.45) is 5.41 Å². The second-order valence-electron chi connectivity index (χ2n) is 4.28. The summed E-state index contributed by atoms with van der Waals surface area (Å²) in [5.41, 5.74) is -0.282. The summed E-state index contributed by atoms with van der Waals surface area (Å²) in [5.74, 6) is -0.217. The second-order valence-corrected chi connectivity index (χ2v) is 7.90. The second kappa shape index (κ2) is 7.42. The molecule has 0 radical (unpaired) electrons. The summed E-state index contributed by atoms with van der Waals surface area (Å²) in [6.07, 6.45) is 1.46. The molecule has 0 spiro atoms. The minimum Gasteiger partial charge on any atom is -0.466 e. The summed E-state index contributed by atoms with van der Waals surface area (Å²) in [7, 11) is 0. The molecule has 0 aliphatic carbocycles.